The summed E-state index contributed by atoms with van der Waals surface area (Å²) in [6.45, 7) is 5.02. The highest BCUT2D eigenvalue weighted by atomic mass is 35.5. The Balaban J connectivity index is 2.07. The summed E-state index contributed by atoms with van der Waals surface area (Å²) in [5.41, 5.74) is 0. The maximum atomic E-state index is 5.85. The predicted molar refractivity (Wildman–Crippen MR) is 63.8 cm³/mol. The molecule has 5 heteroatoms. The van der Waals surface area contributed by atoms with Gasteiger partial charge in [-0.05, 0) is 5.92 Å². The average molecular weight is 242 g/mol. The molecule has 0 bridgehead atoms. The van der Waals surface area contributed by atoms with E-state index in [0.29, 0.717) is 17.0 Å². The normalized spacial score (nSPS) is 25.1. The molecule has 0 aromatic carbocycles. The van der Waals surface area contributed by atoms with Crippen molar-refractivity contribution >= 4 is 17.4 Å². The Bertz CT molecular complexity index is 361. The van der Waals surface area contributed by atoms with Crippen molar-refractivity contribution in [1.29, 1.82) is 0 Å². The van der Waals surface area contributed by atoms with E-state index in [9.17, 15) is 0 Å². The van der Waals surface area contributed by atoms with E-state index >= 15 is 0 Å². The van der Waals surface area contributed by atoms with Crippen LogP contribution in [0.2, 0.25) is 5.15 Å². The molecule has 0 saturated carbocycles. The lowest BCUT2D eigenvalue weighted by atomic mass is 10.00. The van der Waals surface area contributed by atoms with Crippen molar-refractivity contribution in [3.8, 4) is 0 Å². The molecule has 0 aliphatic carbocycles. The van der Waals surface area contributed by atoms with Crippen molar-refractivity contribution < 1.29 is 4.74 Å². The van der Waals surface area contributed by atoms with Crippen LogP contribution >= 0.6 is 11.6 Å². The Labute approximate surface area is 101 Å². The number of methoxy groups -OCH3 is 1. The van der Waals surface area contributed by atoms with Crippen molar-refractivity contribution in [3.63, 3.8) is 0 Å². The first-order valence-electron chi connectivity index (χ1n) is 5.42. The van der Waals surface area contributed by atoms with Gasteiger partial charge in [-0.3, -0.25) is 0 Å². The molecule has 88 valence electrons. The molecule has 1 aromatic heterocycles. The third kappa shape index (κ3) is 2.44. The van der Waals surface area contributed by atoms with E-state index in [1.165, 1.54) is 6.33 Å². The van der Waals surface area contributed by atoms with Gasteiger partial charge in [0.15, 0.2) is 0 Å². The summed E-state index contributed by atoms with van der Waals surface area (Å²) < 4.78 is 5.22. The van der Waals surface area contributed by atoms with Gasteiger partial charge in [-0.15, -0.1) is 0 Å². The lowest BCUT2D eigenvalue weighted by Crippen LogP contribution is -2.21. The molecule has 0 spiro atoms. The van der Waals surface area contributed by atoms with E-state index < -0.39 is 0 Å². The lowest BCUT2D eigenvalue weighted by molar-refractivity contribution is 0.144. The molecule has 1 aliphatic heterocycles. The van der Waals surface area contributed by atoms with Gasteiger partial charge in [0.2, 0.25) is 0 Å². The molecule has 0 amide bonds. The molecule has 1 saturated heterocycles. The van der Waals surface area contributed by atoms with Crippen LogP contribution in [0.15, 0.2) is 12.4 Å². The van der Waals surface area contributed by atoms with Crippen LogP contribution < -0.4 is 4.90 Å². The maximum absolute atomic E-state index is 5.85. The third-order valence-corrected chi connectivity index (χ3v) is 3.30. The summed E-state index contributed by atoms with van der Waals surface area (Å²) >= 11 is 5.85. The number of hydrogen-bond acceptors (Lipinski definition) is 4. The van der Waals surface area contributed by atoms with Crippen LogP contribution in [-0.2, 0) is 4.74 Å². The van der Waals surface area contributed by atoms with Gasteiger partial charge in [-0.2, -0.15) is 0 Å². The zero-order chi connectivity index (χ0) is 11.5. The molecule has 2 atom stereocenters. The number of aromatic nitrogens is 2. The van der Waals surface area contributed by atoms with E-state index in [1.807, 2.05) is 6.07 Å². The van der Waals surface area contributed by atoms with Gasteiger partial charge in [-0.1, -0.05) is 18.5 Å². The molecule has 0 unspecified atom stereocenters. The molecule has 4 nitrogen and oxygen atoms in total. The van der Waals surface area contributed by atoms with Gasteiger partial charge < -0.3 is 9.64 Å². The van der Waals surface area contributed by atoms with Crippen LogP contribution in [0.1, 0.15) is 6.92 Å². The molecule has 16 heavy (non-hydrogen) atoms. The first kappa shape index (κ1) is 11.6. The van der Waals surface area contributed by atoms with Gasteiger partial charge in [-0.25, -0.2) is 9.97 Å². The Hall–Kier alpha value is -0.870. The summed E-state index contributed by atoms with van der Waals surface area (Å²) in [4.78, 5) is 10.4. The van der Waals surface area contributed by atoms with Crippen LogP contribution in [0, 0.1) is 11.8 Å². The van der Waals surface area contributed by atoms with Crippen molar-refractivity contribution in [2.24, 2.45) is 11.8 Å². The highest BCUT2D eigenvalue weighted by molar-refractivity contribution is 6.29. The first-order chi connectivity index (χ1) is 7.70. The number of anilines is 1. The van der Waals surface area contributed by atoms with E-state index in [1.54, 1.807) is 7.11 Å². The minimum absolute atomic E-state index is 0.493. The molecule has 1 aliphatic rings. The number of rotatable bonds is 3. The fraction of sp³-hybridized carbons (Fsp3) is 0.636. The van der Waals surface area contributed by atoms with Crippen LogP contribution in [0.3, 0.4) is 0 Å². The van der Waals surface area contributed by atoms with E-state index in [4.69, 9.17) is 16.3 Å². The zero-order valence-electron chi connectivity index (χ0n) is 9.56. The number of halogens is 1. The van der Waals surface area contributed by atoms with Crippen LogP contribution in [0.5, 0.6) is 0 Å². The number of ether oxygens (including phenoxy) is 1. The molecular formula is C11H16ClN3O. The Morgan fingerprint density at radius 2 is 2.31 bits per heavy atom. The molecule has 0 radical (unpaired) electrons. The highest BCUT2D eigenvalue weighted by Gasteiger charge is 2.30. The Morgan fingerprint density at radius 3 is 3.00 bits per heavy atom. The quantitative estimate of drug-likeness (QED) is 0.757. The Morgan fingerprint density at radius 1 is 1.50 bits per heavy atom. The molecule has 1 aromatic rings. The fourth-order valence-corrected chi connectivity index (χ4v) is 2.29. The average Bonchev–Trinajstić information content (AvgIpc) is 2.61. The summed E-state index contributed by atoms with van der Waals surface area (Å²) in [5, 5.41) is 0.493. The van der Waals surface area contributed by atoms with Crippen molar-refractivity contribution in [2.45, 2.75) is 6.92 Å². The molecule has 2 rings (SSSR count). The molecule has 1 fully saturated rings. The van der Waals surface area contributed by atoms with Gasteiger partial charge in [0, 0.05) is 32.2 Å². The van der Waals surface area contributed by atoms with Gasteiger partial charge >= 0.3 is 0 Å². The second-order valence-electron chi connectivity index (χ2n) is 4.30. The van der Waals surface area contributed by atoms with Crippen LogP contribution in [0.25, 0.3) is 0 Å². The minimum atomic E-state index is 0.493. The van der Waals surface area contributed by atoms with E-state index in [2.05, 4.69) is 21.8 Å². The van der Waals surface area contributed by atoms with Crippen molar-refractivity contribution in [1.82, 2.24) is 9.97 Å². The predicted octanol–water partition coefficient (Wildman–Crippen LogP) is 1.85. The highest BCUT2D eigenvalue weighted by Crippen LogP contribution is 2.27. The standard InChI is InChI=1S/C11H16ClN3O/c1-8-4-15(5-9(8)6-16-2)11-3-10(12)13-7-14-11/h3,7-9H,4-6H2,1-2H3/t8-,9+/m0/s1. The summed E-state index contributed by atoms with van der Waals surface area (Å²) in [7, 11) is 1.75. The maximum Gasteiger partial charge on any atom is 0.134 e. The lowest BCUT2D eigenvalue weighted by Gasteiger charge is -2.16. The minimum Gasteiger partial charge on any atom is -0.384 e. The largest absolute Gasteiger partial charge is 0.384 e. The van der Waals surface area contributed by atoms with Gasteiger partial charge in [0.1, 0.15) is 17.3 Å². The monoisotopic (exact) mass is 241 g/mol. The third-order valence-electron chi connectivity index (χ3n) is 3.09. The van der Waals surface area contributed by atoms with Crippen molar-refractivity contribution in [3.05, 3.63) is 17.5 Å². The summed E-state index contributed by atoms with van der Waals surface area (Å²) in [5.74, 6) is 2.10. The van der Waals surface area contributed by atoms with Crippen LogP contribution in [-0.4, -0.2) is 36.8 Å². The zero-order valence-corrected chi connectivity index (χ0v) is 10.3. The second kappa shape index (κ2) is 4.97. The smallest absolute Gasteiger partial charge is 0.134 e. The van der Waals surface area contributed by atoms with E-state index in [-0.39, 0.29) is 0 Å². The SMILES string of the molecule is COC[C@H]1CN(c2cc(Cl)ncn2)C[C@@H]1C. The number of hydrogen-bond donors (Lipinski definition) is 0. The van der Waals surface area contributed by atoms with Crippen molar-refractivity contribution in [2.75, 3.05) is 31.7 Å². The van der Waals surface area contributed by atoms with Gasteiger partial charge in [0.25, 0.3) is 0 Å². The molecule has 2 heterocycles. The van der Waals surface area contributed by atoms with E-state index in [0.717, 1.165) is 25.5 Å². The van der Waals surface area contributed by atoms with Gasteiger partial charge in [0.05, 0.1) is 6.61 Å². The number of nitrogens with zero attached hydrogens (tertiary/aromatic N) is 3. The summed E-state index contributed by atoms with van der Waals surface area (Å²) in [6, 6.07) is 1.81. The topological polar surface area (TPSA) is 38.2 Å². The second-order valence-corrected chi connectivity index (χ2v) is 4.68. The molecular weight excluding hydrogens is 226 g/mol. The first-order valence-corrected chi connectivity index (χ1v) is 5.80. The molecule has 0 N–H and O–H groups in total. The summed E-state index contributed by atoms with van der Waals surface area (Å²) in [6.07, 6.45) is 1.51. The van der Waals surface area contributed by atoms with Crippen LogP contribution in [0.4, 0.5) is 5.82 Å². The fourth-order valence-electron chi connectivity index (χ4n) is 2.15. The Kier molecular flexibility index (Phi) is 3.61.